The van der Waals surface area contributed by atoms with Crippen molar-refractivity contribution in [2.75, 3.05) is 5.32 Å². The van der Waals surface area contributed by atoms with E-state index in [4.69, 9.17) is 5.14 Å². The van der Waals surface area contributed by atoms with Gasteiger partial charge in [-0.15, -0.1) is 0 Å². The Morgan fingerprint density at radius 1 is 1.23 bits per heavy atom. The lowest BCUT2D eigenvalue weighted by atomic mass is 10.0. The number of amides is 1. The minimum Gasteiger partial charge on any atom is -0.326 e. The van der Waals surface area contributed by atoms with Crippen molar-refractivity contribution >= 4 is 27.7 Å². The molecule has 3 N–H and O–H groups in total. The highest BCUT2D eigenvalue weighted by molar-refractivity contribution is 7.89. The summed E-state index contributed by atoms with van der Waals surface area (Å²) in [5.41, 5.74) is -0.290. The van der Waals surface area contributed by atoms with Crippen LogP contribution in [0.25, 0.3) is 11.8 Å². The number of nitrogens with zero attached hydrogens (tertiary/aromatic N) is 2. The SMILES string of the molecule is C=Cc1cnn(-c2ccc(NC(=O)Cc3ccccc3C(F)(F)F)cc2S(N)(=O)=O)c1. The van der Waals surface area contributed by atoms with E-state index in [-0.39, 0.29) is 21.8 Å². The molecule has 0 aliphatic carbocycles. The molecule has 2 aromatic carbocycles. The fourth-order valence-corrected chi connectivity index (χ4v) is 3.66. The molecular weight excluding hydrogens is 433 g/mol. The molecule has 11 heteroatoms. The van der Waals surface area contributed by atoms with Crippen LogP contribution in [0.5, 0.6) is 0 Å². The molecule has 1 aromatic heterocycles. The van der Waals surface area contributed by atoms with E-state index in [2.05, 4.69) is 17.0 Å². The Bertz CT molecular complexity index is 1250. The van der Waals surface area contributed by atoms with Gasteiger partial charge >= 0.3 is 6.18 Å². The van der Waals surface area contributed by atoms with E-state index >= 15 is 0 Å². The number of benzene rings is 2. The van der Waals surface area contributed by atoms with Crippen LogP contribution in [-0.2, 0) is 27.4 Å². The van der Waals surface area contributed by atoms with E-state index in [1.807, 2.05) is 0 Å². The van der Waals surface area contributed by atoms with E-state index in [1.54, 1.807) is 0 Å². The van der Waals surface area contributed by atoms with E-state index in [1.165, 1.54) is 53.5 Å². The standard InChI is InChI=1S/C20H17F3N4O3S/c1-2-13-11-25-27(12-13)17-8-7-15(10-18(17)31(24,29)30)26-19(28)9-14-5-3-4-6-16(14)20(21,22)23/h2-8,10-12H,1,9H2,(H,26,28)(H2,24,29,30). The minimum atomic E-state index is -4.60. The number of carbonyl (C=O) groups excluding carboxylic acids is 1. The Morgan fingerprint density at radius 2 is 1.94 bits per heavy atom. The molecule has 0 radical (unpaired) electrons. The van der Waals surface area contributed by atoms with Gasteiger partial charge in [-0.05, 0) is 29.8 Å². The molecule has 0 fully saturated rings. The number of primary sulfonamides is 1. The van der Waals surface area contributed by atoms with Crippen molar-refractivity contribution in [1.82, 2.24) is 9.78 Å². The van der Waals surface area contributed by atoms with E-state index in [0.717, 1.165) is 12.1 Å². The molecular formula is C20H17F3N4O3S. The van der Waals surface area contributed by atoms with Crippen LogP contribution >= 0.6 is 0 Å². The summed E-state index contributed by atoms with van der Waals surface area (Å²) in [6.45, 7) is 3.60. The van der Waals surface area contributed by atoms with Crippen LogP contribution in [0.1, 0.15) is 16.7 Å². The predicted molar refractivity (Wildman–Crippen MR) is 109 cm³/mol. The Kier molecular flexibility index (Phi) is 6.00. The van der Waals surface area contributed by atoms with Crippen LogP contribution < -0.4 is 10.5 Å². The molecule has 0 saturated carbocycles. The van der Waals surface area contributed by atoms with Gasteiger partial charge in [-0.25, -0.2) is 18.2 Å². The predicted octanol–water partition coefficient (Wildman–Crippen LogP) is 3.36. The number of alkyl halides is 3. The van der Waals surface area contributed by atoms with E-state index < -0.39 is 34.1 Å². The third-order valence-corrected chi connectivity index (χ3v) is 5.25. The quantitative estimate of drug-likeness (QED) is 0.600. The molecule has 0 saturated heterocycles. The fourth-order valence-electron chi connectivity index (χ4n) is 2.91. The highest BCUT2D eigenvalue weighted by atomic mass is 32.2. The van der Waals surface area contributed by atoms with E-state index in [0.29, 0.717) is 5.56 Å². The fraction of sp³-hybridized carbons (Fsp3) is 0.100. The van der Waals surface area contributed by atoms with Gasteiger partial charge in [-0.1, -0.05) is 30.9 Å². The summed E-state index contributed by atoms with van der Waals surface area (Å²) < 4.78 is 64.8. The first kappa shape index (κ1) is 22.2. The van der Waals surface area contributed by atoms with Crippen molar-refractivity contribution in [2.24, 2.45) is 5.14 Å². The summed E-state index contributed by atoms with van der Waals surface area (Å²) in [7, 11) is -4.21. The lowest BCUT2D eigenvalue weighted by Crippen LogP contribution is -2.19. The first-order valence-corrected chi connectivity index (χ1v) is 10.3. The molecule has 1 amide bonds. The molecule has 7 nitrogen and oxygen atoms in total. The van der Waals surface area contributed by atoms with Gasteiger partial charge in [0.25, 0.3) is 0 Å². The van der Waals surface area contributed by atoms with Crippen LogP contribution in [0.15, 0.2) is 66.3 Å². The zero-order valence-electron chi connectivity index (χ0n) is 15.9. The summed E-state index contributed by atoms with van der Waals surface area (Å²) in [5, 5.41) is 11.7. The number of nitrogens with one attached hydrogen (secondary N) is 1. The molecule has 31 heavy (non-hydrogen) atoms. The number of sulfonamides is 1. The van der Waals surface area contributed by atoms with Gasteiger partial charge in [0.05, 0.1) is 23.9 Å². The molecule has 0 spiro atoms. The maximum Gasteiger partial charge on any atom is 0.416 e. The van der Waals surface area contributed by atoms with Gasteiger partial charge in [0.15, 0.2) is 0 Å². The number of rotatable bonds is 6. The number of hydrogen-bond acceptors (Lipinski definition) is 4. The molecule has 0 aliphatic heterocycles. The maximum atomic E-state index is 13.1. The van der Waals surface area contributed by atoms with Crippen LogP contribution in [-0.4, -0.2) is 24.1 Å². The maximum absolute atomic E-state index is 13.1. The third kappa shape index (κ3) is 5.19. The van der Waals surface area contributed by atoms with Crippen molar-refractivity contribution in [3.05, 3.63) is 78.1 Å². The average molecular weight is 450 g/mol. The third-order valence-electron chi connectivity index (χ3n) is 4.31. The first-order chi connectivity index (χ1) is 14.5. The summed E-state index contributed by atoms with van der Waals surface area (Å²) in [6, 6.07) is 8.61. The van der Waals surface area contributed by atoms with Crippen LogP contribution in [0, 0.1) is 0 Å². The minimum absolute atomic E-state index is 0.0540. The highest BCUT2D eigenvalue weighted by Gasteiger charge is 2.33. The van der Waals surface area contributed by atoms with Gasteiger partial charge in [-0.2, -0.15) is 18.3 Å². The zero-order valence-corrected chi connectivity index (χ0v) is 16.7. The summed E-state index contributed by atoms with van der Waals surface area (Å²) >= 11 is 0. The average Bonchev–Trinajstić information content (AvgIpc) is 3.16. The second-order valence-corrected chi connectivity index (χ2v) is 8.06. The molecule has 1 heterocycles. The van der Waals surface area contributed by atoms with Gasteiger partial charge in [0.1, 0.15) is 4.90 Å². The van der Waals surface area contributed by atoms with Crippen LogP contribution in [0.3, 0.4) is 0 Å². The van der Waals surface area contributed by atoms with Gasteiger partial charge < -0.3 is 5.32 Å². The number of nitrogens with two attached hydrogens (primary N) is 1. The van der Waals surface area contributed by atoms with Gasteiger partial charge in [0, 0.05) is 17.4 Å². The molecule has 3 aromatic rings. The smallest absolute Gasteiger partial charge is 0.326 e. The second kappa shape index (κ2) is 8.36. The molecule has 162 valence electrons. The Labute approximate surface area is 176 Å². The van der Waals surface area contributed by atoms with Gasteiger partial charge in [0.2, 0.25) is 15.9 Å². The second-order valence-electron chi connectivity index (χ2n) is 6.53. The number of halogens is 3. The number of hydrogen-bond donors (Lipinski definition) is 2. The Balaban J connectivity index is 1.89. The molecule has 0 unspecified atom stereocenters. The molecule has 0 atom stereocenters. The van der Waals surface area contributed by atoms with Crippen molar-refractivity contribution < 1.29 is 26.4 Å². The molecule has 3 rings (SSSR count). The summed E-state index contributed by atoms with van der Waals surface area (Å²) in [4.78, 5) is 12.0. The number of anilines is 1. The van der Waals surface area contributed by atoms with E-state index in [9.17, 15) is 26.4 Å². The largest absolute Gasteiger partial charge is 0.416 e. The highest BCUT2D eigenvalue weighted by Crippen LogP contribution is 2.32. The normalized spacial score (nSPS) is 11.9. The van der Waals surface area contributed by atoms with Crippen molar-refractivity contribution in [3.8, 4) is 5.69 Å². The lowest BCUT2D eigenvalue weighted by Gasteiger charge is -2.14. The van der Waals surface area contributed by atoms with Crippen LogP contribution in [0.2, 0.25) is 0 Å². The van der Waals surface area contributed by atoms with Crippen molar-refractivity contribution in [1.29, 1.82) is 0 Å². The summed E-state index contributed by atoms with van der Waals surface area (Å²) in [5.74, 6) is -0.752. The number of carbonyl (C=O) groups is 1. The molecule has 0 bridgehead atoms. The zero-order chi connectivity index (χ0) is 22.8. The summed E-state index contributed by atoms with van der Waals surface area (Å²) in [6.07, 6.45) is -0.637. The Morgan fingerprint density at radius 3 is 2.55 bits per heavy atom. The topological polar surface area (TPSA) is 107 Å². The first-order valence-electron chi connectivity index (χ1n) is 8.78. The molecule has 0 aliphatic rings. The van der Waals surface area contributed by atoms with Gasteiger partial charge in [-0.3, -0.25) is 4.79 Å². The Hall–Kier alpha value is -3.44. The monoisotopic (exact) mass is 450 g/mol. The lowest BCUT2D eigenvalue weighted by molar-refractivity contribution is -0.138. The number of aromatic nitrogens is 2. The van der Waals surface area contributed by atoms with Crippen LogP contribution in [0.4, 0.5) is 18.9 Å². The van der Waals surface area contributed by atoms with Crippen molar-refractivity contribution in [2.45, 2.75) is 17.5 Å². The van der Waals surface area contributed by atoms with Crippen molar-refractivity contribution in [3.63, 3.8) is 0 Å².